The number of aliphatic carboxylic acids is 1. The van der Waals surface area contributed by atoms with E-state index in [1.165, 1.54) is 0 Å². The van der Waals surface area contributed by atoms with Gasteiger partial charge in [-0.1, -0.05) is 13.8 Å². The summed E-state index contributed by atoms with van der Waals surface area (Å²) >= 11 is 0. The third-order valence-electron chi connectivity index (χ3n) is 3.52. The van der Waals surface area contributed by atoms with Crippen LogP contribution in [0.3, 0.4) is 0 Å². The number of carboxylic acids is 1. The predicted octanol–water partition coefficient (Wildman–Crippen LogP) is 0.439. The molecule has 0 aromatic rings. The summed E-state index contributed by atoms with van der Waals surface area (Å²) in [7, 11) is 0. The Labute approximate surface area is 118 Å². The summed E-state index contributed by atoms with van der Waals surface area (Å²) in [6.45, 7) is 4.27. The second-order valence-electron chi connectivity index (χ2n) is 5.79. The molecule has 0 aromatic carbocycles. The molecular weight excluding hydrogens is 262 g/mol. The Bertz CT molecular complexity index is 376. The first-order valence-corrected chi connectivity index (χ1v) is 6.86. The first-order valence-electron chi connectivity index (χ1n) is 6.86. The Morgan fingerprint density at radius 1 is 1.20 bits per heavy atom. The molecule has 20 heavy (non-hydrogen) atoms. The minimum Gasteiger partial charge on any atom is -0.480 e. The van der Waals surface area contributed by atoms with Gasteiger partial charge >= 0.3 is 12.0 Å². The van der Waals surface area contributed by atoms with Crippen LogP contribution in [0.4, 0.5) is 4.79 Å². The van der Waals surface area contributed by atoms with Gasteiger partial charge < -0.3 is 21.5 Å². The highest BCUT2D eigenvalue weighted by Crippen LogP contribution is 2.28. The van der Waals surface area contributed by atoms with Crippen LogP contribution in [0, 0.1) is 11.8 Å². The number of amides is 3. The van der Waals surface area contributed by atoms with Crippen LogP contribution in [0.25, 0.3) is 0 Å². The molecule has 0 aliphatic heterocycles. The van der Waals surface area contributed by atoms with Crippen LogP contribution in [0.2, 0.25) is 0 Å². The van der Waals surface area contributed by atoms with Gasteiger partial charge in [0.25, 0.3) is 0 Å². The number of urea groups is 1. The fourth-order valence-electron chi connectivity index (χ4n) is 2.85. The minimum atomic E-state index is -1.29. The SMILES string of the molecule is CC1CC(C)CC(NC(=O)N[C@H](CC(N)=O)C(=O)O)C1. The summed E-state index contributed by atoms with van der Waals surface area (Å²) in [4.78, 5) is 33.5. The van der Waals surface area contributed by atoms with Crippen LogP contribution in [0.1, 0.15) is 39.5 Å². The Morgan fingerprint density at radius 3 is 2.20 bits per heavy atom. The molecule has 1 rings (SSSR count). The number of nitrogens with one attached hydrogen (secondary N) is 2. The zero-order valence-corrected chi connectivity index (χ0v) is 11.9. The van der Waals surface area contributed by atoms with Gasteiger partial charge in [-0.3, -0.25) is 4.79 Å². The lowest BCUT2D eigenvalue weighted by molar-refractivity contribution is -0.140. The summed E-state index contributed by atoms with van der Waals surface area (Å²) in [6, 6.07) is -1.81. The minimum absolute atomic E-state index is 0.0387. The van der Waals surface area contributed by atoms with E-state index in [1.807, 2.05) is 0 Å². The molecule has 7 nitrogen and oxygen atoms in total. The average molecular weight is 285 g/mol. The zero-order chi connectivity index (χ0) is 15.3. The maximum atomic E-state index is 11.8. The van der Waals surface area contributed by atoms with Crippen molar-refractivity contribution in [1.29, 1.82) is 0 Å². The van der Waals surface area contributed by atoms with Crippen molar-refractivity contribution >= 4 is 17.9 Å². The molecule has 0 bridgehead atoms. The summed E-state index contributed by atoms with van der Waals surface area (Å²) in [5.41, 5.74) is 4.95. The van der Waals surface area contributed by atoms with Crippen molar-refractivity contribution in [3.8, 4) is 0 Å². The van der Waals surface area contributed by atoms with Crippen LogP contribution in [-0.4, -0.2) is 35.1 Å². The molecule has 0 heterocycles. The number of nitrogens with two attached hydrogens (primary N) is 1. The quantitative estimate of drug-likeness (QED) is 0.585. The molecule has 0 aromatic heterocycles. The highest BCUT2D eigenvalue weighted by atomic mass is 16.4. The Kier molecular flexibility index (Phi) is 5.79. The van der Waals surface area contributed by atoms with Gasteiger partial charge in [-0.2, -0.15) is 0 Å². The molecule has 1 fully saturated rings. The van der Waals surface area contributed by atoms with E-state index in [4.69, 9.17) is 10.8 Å². The topological polar surface area (TPSA) is 122 Å². The van der Waals surface area contributed by atoms with Crippen molar-refractivity contribution in [3.05, 3.63) is 0 Å². The smallest absolute Gasteiger partial charge is 0.326 e. The monoisotopic (exact) mass is 285 g/mol. The number of rotatable bonds is 5. The summed E-state index contributed by atoms with van der Waals surface area (Å²) in [5, 5.41) is 14.0. The van der Waals surface area contributed by atoms with Crippen LogP contribution in [-0.2, 0) is 9.59 Å². The lowest BCUT2D eigenvalue weighted by Gasteiger charge is -2.32. The second-order valence-corrected chi connectivity index (χ2v) is 5.79. The number of carbonyl (C=O) groups excluding carboxylic acids is 2. The fraction of sp³-hybridized carbons (Fsp3) is 0.769. The number of carbonyl (C=O) groups is 3. The van der Waals surface area contributed by atoms with E-state index in [0.717, 1.165) is 19.3 Å². The molecular formula is C13H23N3O4. The van der Waals surface area contributed by atoms with E-state index in [9.17, 15) is 14.4 Å². The lowest BCUT2D eigenvalue weighted by atomic mass is 9.80. The molecule has 1 aliphatic carbocycles. The number of hydrogen-bond donors (Lipinski definition) is 4. The third-order valence-corrected chi connectivity index (χ3v) is 3.52. The van der Waals surface area contributed by atoms with Gasteiger partial charge in [-0.25, -0.2) is 9.59 Å². The van der Waals surface area contributed by atoms with Gasteiger partial charge in [0.1, 0.15) is 6.04 Å². The highest BCUT2D eigenvalue weighted by Gasteiger charge is 2.27. The first-order chi connectivity index (χ1) is 9.27. The van der Waals surface area contributed by atoms with Gasteiger partial charge in [0.15, 0.2) is 0 Å². The number of hydrogen-bond acceptors (Lipinski definition) is 3. The lowest BCUT2D eigenvalue weighted by Crippen LogP contribution is -2.51. The molecule has 114 valence electrons. The molecule has 0 saturated heterocycles. The van der Waals surface area contributed by atoms with Crippen molar-refractivity contribution in [2.24, 2.45) is 17.6 Å². The molecule has 1 saturated carbocycles. The second kappa shape index (κ2) is 7.12. The zero-order valence-electron chi connectivity index (χ0n) is 11.9. The van der Waals surface area contributed by atoms with Crippen molar-refractivity contribution < 1.29 is 19.5 Å². The summed E-state index contributed by atoms with van der Waals surface area (Å²) in [6.07, 6.45) is 2.48. The Morgan fingerprint density at radius 2 is 1.75 bits per heavy atom. The first kappa shape index (κ1) is 16.3. The third kappa shape index (κ3) is 5.46. The normalized spacial score (nSPS) is 27.4. The highest BCUT2D eigenvalue weighted by molar-refractivity contribution is 5.87. The standard InChI is InChI=1S/C13H23N3O4/c1-7-3-8(2)5-9(4-7)15-13(20)16-10(12(18)19)6-11(14)17/h7-10H,3-6H2,1-2H3,(H2,14,17)(H,18,19)(H2,15,16,20)/t7?,8?,9?,10-/m1/s1. The molecule has 1 aliphatic rings. The molecule has 7 heteroatoms. The van der Waals surface area contributed by atoms with E-state index in [2.05, 4.69) is 24.5 Å². The van der Waals surface area contributed by atoms with E-state index in [0.29, 0.717) is 11.8 Å². The molecule has 5 N–H and O–H groups in total. The molecule has 3 amide bonds. The van der Waals surface area contributed by atoms with E-state index >= 15 is 0 Å². The number of primary amides is 1. The predicted molar refractivity (Wildman–Crippen MR) is 72.9 cm³/mol. The maximum absolute atomic E-state index is 11.8. The maximum Gasteiger partial charge on any atom is 0.326 e. The van der Waals surface area contributed by atoms with Gasteiger partial charge in [-0.15, -0.1) is 0 Å². The molecule has 2 unspecified atom stereocenters. The van der Waals surface area contributed by atoms with Gasteiger partial charge in [-0.05, 0) is 31.1 Å². The van der Waals surface area contributed by atoms with Crippen LogP contribution >= 0.6 is 0 Å². The van der Waals surface area contributed by atoms with Crippen molar-refractivity contribution in [2.45, 2.75) is 51.6 Å². The fourth-order valence-corrected chi connectivity index (χ4v) is 2.85. The van der Waals surface area contributed by atoms with Crippen LogP contribution in [0.15, 0.2) is 0 Å². The largest absolute Gasteiger partial charge is 0.480 e. The Balaban J connectivity index is 2.48. The van der Waals surface area contributed by atoms with Crippen molar-refractivity contribution in [3.63, 3.8) is 0 Å². The van der Waals surface area contributed by atoms with Crippen molar-refractivity contribution in [2.75, 3.05) is 0 Å². The van der Waals surface area contributed by atoms with Crippen molar-refractivity contribution in [1.82, 2.24) is 10.6 Å². The van der Waals surface area contributed by atoms with Gasteiger partial charge in [0.05, 0.1) is 6.42 Å². The van der Waals surface area contributed by atoms with Crippen LogP contribution in [0.5, 0.6) is 0 Å². The summed E-state index contributed by atoms with van der Waals surface area (Å²) < 4.78 is 0. The van der Waals surface area contributed by atoms with E-state index < -0.39 is 30.4 Å². The van der Waals surface area contributed by atoms with Gasteiger partial charge in [0, 0.05) is 6.04 Å². The molecule has 3 atom stereocenters. The summed E-state index contributed by atoms with van der Waals surface area (Å²) in [5.74, 6) is -0.975. The van der Waals surface area contributed by atoms with Crippen LogP contribution < -0.4 is 16.4 Å². The van der Waals surface area contributed by atoms with Gasteiger partial charge in [0.2, 0.25) is 5.91 Å². The average Bonchev–Trinajstić information content (AvgIpc) is 2.25. The Hall–Kier alpha value is -1.79. The molecule has 0 radical (unpaired) electrons. The van der Waals surface area contributed by atoms with E-state index in [-0.39, 0.29) is 6.04 Å². The molecule has 0 spiro atoms. The number of carboxylic acid groups (broad SMARTS) is 1. The van der Waals surface area contributed by atoms with E-state index in [1.54, 1.807) is 0 Å².